The number of amides is 1. The third-order valence-corrected chi connectivity index (χ3v) is 3.90. The molecule has 0 saturated carbocycles. The molecule has 0 fully saturated rings. The fourth-order valence-electron chi connectivity index (χ4n) is 2.66. The van der Waals surface area contributed by atoms with Crippen LogP contribution in [0.15, 0.2) is 24.3 Å². The number of carbonyl (C=O) groups excluding carboxylic acids is 1. The van der Waals surface area contributed by atoms with Crippen LogP contribution in [0.3, 0.4) is 0 Å². The molecule has 2 N–H and O–H groups in total. The Morgan fingerprint density at radius 3 is 2.95 bits per heavy atom. The van der Waals surface area contributed by atoms with Gasteiger partial charge in [0.05, 0.1) is 0 Å². The van der Waals surface area contributed by atoms with Crippen molar-refractivity contribution in [3.8, 4) is 0 Å². The summed E-state index contributed by atoms with van der Waals surface area (Å²) in [5, 5.41) is 0. The Morgan fingerprint density at radius 1 is 1.47 bits per heavy atom. The molecule has 1 heterocycles. The van der Waals surface area contributed by atoms with Crippen LogP contribution >= 0.6 is 0 Å². The first kappa shape index (κ1) is 14.1. The molecule has 0 bridgehead atoms. The Bertz CT molecular complexity index is 444. The van der Waals surface area contributed by atoms with E-state index in [1.54, 1.807) is 0 Å². The lowest BCUT2D eigenvalue weighted by Crippen LogP contribution is -2.39. The summed E-state index contributed by atoms with van der Waals surface area (Å²) in [6, 6.07) is 8.26. The third kappa shape index (κ3) is 3.35. The molecule has 19 heavy (non-hydrogen) atoms. The van der Waals surface area contributed by atoms with Crippen molar-refractivity contribution in [3.05, 3.63) is 29.8 Å². The minimum absolute atomic E-state index is 0.235. The van der Waals surface area contributed by atoms with Gasteiger partial charge in [-0.25, -0.2) is 0 Å². The molecule has 1 aliphatic rings. The lowest BCUT2D eigenvalue weighted by Gasteiger charge is -2.33. The van der Waals surface area contributed by atoms with Crippen molar-refractivity contribution < 1.29 is 4.79 Å². The Hall–Kier alpha value is -1.35. The van der Waals surface area contributed by atoms with Gasteiger partial charge in [-0.2, -0.15) is 0 Å². The normalized spacial score (nSPS) is 19.9. The number of rotatable bonds is 4. The van der Waals surface area contributed by atoms with E-state index in [4.69, 9.17) is 5.73 Å². The summed E-state index contributed by atoms with van der Waals surface area (Å²) in [6.07, 6.45) is 2.54. The second kappa shape index (κ2) is 6.20. The molecule has 0 aliphatic carbocycles. The number of nitrogens with two attached hydrogens (primary N) is 1. The number of fused-ring (bicyclic) bond motifs is 1. The first-order valence-corrected chi connectivity index (χ1v) is 7.20. The SMILES string of the molecule is CC(CN)CCC(=O)N1CC(C)Cc2ccccc21. The molecule has 0 radical (unpaired) electrons. The monoisotopic (exact) mass is 260 g/mol. The van der Waals surface area contributed by atoms with Gasteiger partial charge in [0.2, 0.25) is 5.91 Å². The van der Waals surface area contributed by atoms with Gasteiger partial charge in [0.1, 0.15) is 0 Å². The zero-order chi connectivity index (χ0) is 13.8. The number of hydrogen-bond donors (Lipinski definition) is 1. The van der Waals surface area contributed by atoms with Crippen molar-refractivity contribution >= 4 is 11.6 Å². The maximum absolute atomic E-state index is 12.4. The van der Waals surface area contributed by atoms with E-state index >= 15 is 0 Å². The van der Waals surface area contributed by atoms with Crippen molar-refractivity contribution in [2.45, 2.75) is 33.1 Å². The zero-order valence-corrected chi connectivity index (χ0v) is 11.9. The molecule has 2 rings (SSSR count). The highest BCUT2D eigenvalue weighted by Gasteiger charge is 2.25. The van der Waals surface area contributed by atoms with E-state index in [9.17, 15) is 4.79 Å². The molecule has 0 spiro atoms. The number of para-hydroxylation sites is 1. The smallest absolute Gasteiger partial charge is 0.227 e. The summed E-state index contributed by atoms with van der Waals surface area (Å²) in [4.78, 5) is 14.4. The van der Waals surface area contributed by atoms with Gasteiger partial charge < -0.3 is 10.6 Å². The summed E-state index contributed by atoms with van der Waals surface area (Å²) in [6.45, 7) is 5.80. The minimum Gasteiger partial charge on any atom is -0.330 e. The van der Waals surface area contributed by atoms with E-state index in [0.29, 0.717) is 24.8 Å². The average Bonchev–Trinajstić information content (AvgIpc) is 2.43. The van der Waals surface area contributed by atoms with Gasteiger partial charge in [0.25, 0.3) is 0 Å². The zero-order valence-electron chi connectivity index (χ0n) is 11.9. The van der Waals surface area contributed by atoms with Gasteiger partial charge in [-0.1, -0.05) is 32.0 Å². The van der Waals surface area contributed by atoms with Crippen LogP contribution in [0.25, 0.3) is 0 Å². The van der Waals surface area contributed by atoms with Gasteiger partial charge in [-0.15, -0.1) is 0 Å². The van der Waals surface area contributed by atoms with Crippen LogP contribution in [-0.2, 0) is 11.2 Å². The maximum atomic E-state index is 12.4. The van der Waals surface area contributed by atoms with Gasteiger partial charge >= 0.3 is 0 Å². The van der Waals surface area contributed by atoms with Gasteiger partial charge in [-0.05, 0) is 42.9 Å². The van der Waals surface area contributed by atoms with Crippen LogP contribution in [0, 0.1) is 11.8 Å². The molecule has 0 aromatic heterocycles. The molecule has 104 valence electrons. The molecule has 1 aromatic rings. The molecule has 3 heteroatoms. The predicted octanol–water partition coefficient (Wildman–Crippen LogP) is 2.59. The molecule has 2 unspecified atom stereocenters. The number of carbonyl (C=O) groups is 1. The van der Waals surface area contributed by atoms with Crippen molar-refractivity contribution in [3.63, 3.8) is 0 Å². The summed E-state index contributed by atoms with van der Waals surface area (Å²) in [7, 11) is 0. The quantitative estimate of drug-likeness (QED) is 0.904. The second-order valence-electron chi connectivity index (χ2n) is 5.82. The van der Waals surface area contributed by atoms with Crippen molar-refractivity contribution in [2.24, 2.45) is 17.6 Å². The molecular formula is C16H24N2O. The fraction of sp³-hybridized carbons (Fsp3) is 0.562. The summed E-state index contributed by atoms with van der Waals surface area (Å²) >= 11 is 0. The van der Waals surface area contributed by atoms with Gasteiger partial charge in [0.15, 0.2) is 0 Å². The Morgan fingerprint density at radius 2 is 2.21 bits per heavy atom. The first-order chi connectivity index (χ1) is 9.11. The standard InChI is InChI=1S/C16H24N2O/c1-12(10-17)7-8-16(19)18-11-13(2)9-14-5-3-4-6-15(14)18/h3-6,12-13H,7-11,17H2,1-2H3. The number of anilines is 1. The van der Waals surface area contributed by atoms with Crippen LogP contribution in [0.1, 0.15) is 32.3 Å². The molecular weight excluding hydrogens is 236 g/mol. The van der Waals surface area contributed by atoms with Crippen molar-refractivity contribution in [1.82, 2.24) is 0 Å². The van der Waals surface area contributed by atoms with E-state index in [-0.39, 0.29) is 5.91 Å². The second-order valence-corrected chi connectivity index (χ2v) is 5.82. The molecule has 1 amide bonds. The number of nitrogens with zero attached hydrogens (tertiary/aromatic N) is 1. The maximum Gasteiger partial charge on any atom is 0.227 e. The van der Waals surface area contributed by atoms with Crippen LogP contribution < -0.4 is 10.6 Å². The molecule has 3 nitrogen and oxygen atoms in total. The van der Waals surface area contributed by atoms with Crippen LogP contribution in [0.2, 0.25) is 0 Å². The fourth-order valence-corrected chi connectivity index (χ4v) is 2.66. The van der Waals surface area contributed by atoms with Crippen molar-refractivity contribution in [2.75, 3.05) is 18.0 Å². The highest BCUT2D eigenvalue weighted by Crippen LogP contribution is 2.30. The molecule has 1 aliphatic heterocycles. The van der Waals surface area contributed by atoms with Crippen LogP contribution in [-0.4, -0.2) is 19.0 Å². The summed E-state index contributed by atoms with van der Waals surface area (Å²) < 4.78 is 0. The van der Waals surface area contributed by atoms with Gasteiger partial charge in [0, 0.05) is 18.7 Å². The number of benzene rings is 1. The van der Waals surface area contributed by atoms with E-state index in [1.165, 1.54) is 5.56 Å². The molecule has 1 aromatic carbocycles. The summed E-state index contributed by atoms with van der Waals surface area (Å²) in [5.74, 6) is 1.19. The Balaban J connectivity index is 2.09. The largest absolute Gasteiger partial charge is 0.330 e. The van der Waals surface area contributed by atoms with Gasteiger partial charge in [-0.3, -0.25) is 4.79 Å². The first-order valence-electron chi connectivity index (χ1n) is 7.20. The van der Waals surface area contributed by atoms with Crippen molar-refractivity contribution in [1.29, 1.82) is 0 Å². The van der Waals surface area contributed by atoms with Crippen LogP contribution in [0.5, 0.6) is 0 Å². The minimum atomic E-state index is 0.235. The van der Waals surface area contributed by atoms with Crippen LogP contribution in [0.4, 0.5) is 5.69 Å². The highest BCUT2D eigenvalue weighted by atomic mass is 16.2. The Kier molecular flexibility index (Phi) is 4.59. The lowest BCUT2D eigenvalue weighted by molar-refractivity contribution is -0.119. The van der Waals surface area contributed by atoms with E-state index in [1.807, 2.05) is 11.0 Å². The number of hydrogen-bond acceptors (Lipinski definition) is 2. The Labute approximate surface area is 115 Å². The lowest BCUT2D eigenvalue weighted by atomic mass is 9.93. The molecule has 2 atom stereocenters. The average molecular weight is 260 g/mol. The third-order valence-electron chi connectivity index (χ3n) is 3.90. The topological polar surface area (TPSA) is 46.3 Å². The predicted molar refractivity (Wildman–Crippen MR) is 79.1 cm³/mol. The molecule has 0 saturated heterocycles. The van der Waals surface area contributed by atoms with E-state index in [2.05, 4.69) is 32.0 Å². The summed E-state index contributed by atoms with van der Waals surface area (Å²) in [5.41, 5.74) is 8.01. The highest BCUT2D eigenvalue weighted by molar-refractivity contribution is 5.94. The van der Waals surface area contributed by atoms with E-state index < -0.39 is 0 Å². The van der Waals surface area contributed by atoms with E-state index in [0.717, 1.165) is 25.1 Å².